The van der Waals surface area contributed by atoms with Crippen LogP contribution in [0.1, 0.15) is 18.4 Å². The lowest BCUT2D eigenvalue weighted by molar-refractivity contribution is 0.500. The van der Waals surface area contributed by atoms with Gasteiger partial charge in [0.05, 0.1) is 12.0 Å². The molecular weight excluding hydrogens is 302 g/mol. The first kappa shape index (κ1) is 14.6. The molecule has 0 fully saturated rings. The van der Waals surface area contributed by atoms with E-state index in [1.54, 1.807) is 24.6 Å². The van der Waals surface area contributed by atoms with Crippen molar-refractivity contribution < 1.29 is 8.83 Å². The molecule has 0 amide bonds. The Bertz CT molecular complexity index is 821. The highest BCUT2D eigenvalue weighted by molar-refractivity contribution is 7.98. The normalized spacial score (nSPS) is 11.0. The summed E-state index contributed by atoms with van der Waals surface area (Å²) in [5.41, 5.74) is 0.581. The lowest BCUT2D eigenvalue weighted by atomic mass is 10.4. The van der Waals surface area contributed by atoms with Gasteiger partial charge < -0.3 is 13.4 Å². The zero-order valence-electron chi connectivity index (χ0n) is 12.3. The van der Waals surface area contributed by atoms with E-state index in [9.17, 15) is 4.79 Å². The Morgan fingerprint density at radius 2 is 2.18 bits per heavy atom. The molecule has 0 aliphatic carbocycles. The minimum Gasteiger partial charge on any atom is -0.459 e. The first-order valence-electron chi connectivity index (χ1n) is 6.88. The van der Waals surface area contributed by atoms with Crippen molar-refractivity contribution in [3.05, 3.63) is 52.5 Å². The maximum absolute atomic E-state index is 11.4. The highest BCUT2D eigenvalue weighted by Gasteiger charge is 2.14. The molecule has 0 aromatic carbocycles. The van der Waals surface area contributed by atoms with Crippen LogP contribution in [-0.2, 0) is 12.3 Å². The second kappa shape index (κ2) is 6.23. The topological polar surface area (TPSA) is 74.1 Å². The molecule has 3 rings (SSSR count). The molecule has 6 nitrogen and oxygen atoms in total. The zero-order valence-corrected chi connectivity index (χ0v) is 13.1. The van der Waals surface area contributed by atoms with Gasteiger partial charge in [0.25, 0.3) is 11.4 Å². The molecule has 7 heteroatoms. The van der Waals surface area contributed by atoms with Gasteiger partial charge in [0.1, 0.15) is 5.76 Å². The number of aryl methyl sites for hydroxylation is 2. The summed E-state index contributed by atoms with van der Waals surface area (Å²) < 4.78 is 12.8. The highest BCUT2D eigenvalue weighted by atomic mass is 32.2. The Balaban J connectivity index is 1.80. The highest BCUT2D eigenvalue weighted by Crippen LogP contribution is 2.26. The standard InChI is InChI=1S/C15H15N3O3S/c1-3-18-7-6-13(19)17-15(18)22-9-11-10(2)21-14(16-11)12-5-4-8-20-12/h4-8H,3,9H2,1-2H3. The van der Waals surface area contributed by atoms with Crippen molar-refractivity contribution in [2.75, 3.05) is 0 Å². The smallest absolute Gasteiger partial charge is 0.273 e. The molecule has 3 heterocycles. The molecule has 114 valence electrons. The summed E-state index contributed by atoms with van der Waals surface area (Å²) in [6.45, 7) is 4.62. The molecule has 0 atom stereocenters. The Morgan fingerprint density at radius 1 is 1.32 bits per heavy atom. The van der Waals surface area contributed by atoms with Crippen molar-refractivity contribution in [3.8, 4) is 11.7 Å². The third kappa shape index (κ3) is 2.99. The number of nitrogens with zero attached hydrogens (tertiary/aromatic N) is 3. The van der Waals surface area contributed by atoms with E-state index in [1.807, 2.05) is 18.4 Å². The minimum absolute atomic E-state index is 0.236. The van der Waals surface area contributed by atoms with Crippen LogP contribution in [0.5, 0.6) is 0 Å². The van der Waals surface area contributed by atoms with E-state index in [2.05, 4.69) is 9.97 Å². The van der Waals surface area contributed by atoms with Crippen LogP contribution in [0.2, 0.25) is 0 Å². The maximum Gasteiger partial charge on any atom is 0.273 e. The molecule has 0 saturated heterocycles. The van der Waals surface area contributed by atoms with Gasteiger partial charge in [-0.1, -0.05) is 11.8 Å². The molecular formula is C15H15N3O3S. The van der Waals surface area contributed by atoms with Crippen LogP contribution < -0.4 is 5.56 Å². The number of aromatic nitrogens is 3. The van der Waals surface area contributed by atoms with Gasteiger partial charge in [-0.2, -0.15) is 4.98 Å². The fourth-order valence-corrected chi connectivity index (χ4v) is 3.01. The van der Waals surface area contributed by atoms with E-state index < -0.39 is 0 Å². The number of thioether (sulfide) groups is 1. The molecule has 22 heavy (non-hydrogen) atoms. The van der Waals surface area contributed by atoms with Gasteiger partial charge in [0, 0.05) is 24.6 Å². The fourth-order valence-electron chi connectivity index (χ4n) is 1.97. The van der Waals surface area contributed by atoms with E-state index in [0.717, 1.165) is 18.0 Å². The van der Waals surface area contributed by atoms with E-state index >= 15 is 0 Å². The first-order chi connectivity index (χ1) is 10.7. The molecule has 0 N–H and O–H groups in total. The molecule has 0 bridgehead atoms. The van der Waals surface area contributed by atoms with Crippen LogP contribution in [0.15, 0.2) is 49.4 Å². The number of hydrogen-bond acceptors (Lipinski definition) is 6. The Labute approximate surface area is 131 Å². The summed E-state index contributed by atoms with van der Waals surface area (Å²) in [5.74, 6) is 2.38. The second-order valence-corrected chi connectivity index (χ2v) is 5.56. The number of rotatable bonds is 5. The third-order valence-corrected chi connectivity index (χ3v) is 4.15. The van der Waals surface area contributed by atoms with Crippen LogP contribution in [-0.4, -0.2) is 14.5 Å². The maximum atomic E-state index is 11.4. The van der Waals surface area contributed by atoms with E-state index in [4.69, 9.17) is 8.83 Å². The van der Waals surface area contributed by atoms with Crippen molar-refractivity contribution in [1.29, 1.82) is 0 Å². The Hall–Kier alpha value is -2.28. The largest absolute Gasteiger partial charge is 0.459 e. The summed E-state index contributed by atoms with van der Waals surface area (Å²) in [6.07, 6.45) is 3.33. The lowest BCUT2D eigenvalue weighted by Gasteiger charge is -2.07. The van der Waals surface area contributed by atoms with Crippen LogP contribution in [0.4, 0.5) is 0 Å². The summed E-state index contributed by atoms with van der Waals surface area (Å²) in [4.78, 5) is 19.9. The lowest BCUT2D eigenvalue weighted by Crippen LogP contribution is -2.12. The Morgan fingerprint density at radius 3 is 2.91 bits per heavy atom. The van der Waals surface area contributed by atoms with Gasteiger partial charge in [-0.25, -0.2) is 4.98 Å². The van der Waals surface area contributed by atoms with Crippen LogP contribution in [0, 0.1) is 6.92 Å². The average Bonchev–Trinajstić information content (AvgIpc) is 3.15. The van der Waals surface area contributed by atoms with Crippen molar-refractivity contribution in [2.45, 2.75) is 31.3 Å². The molecule has 0 unspecified atom stereocenters. The predicted molar refractivity (Wildman–Crippen MR) is 82.7 cm³/mol. The van der Waals surface area contributed by atoms with Crippen molar-refractivity contribution in [1.82, 2.24) is 14.5 Å². The number of furan rings is 1. The van der Waals surface area contributed by atoms with Crippen molar-refractivity contribution >= 4 is 11.8 Å². The zero-order chi connectivity index (χ0) is 15.5. The molecule has 0 saturated carbocycles. The molecule has 0 aliphatic heterocycles. The van der Waals surface area contributed by atoms with Crippen molar-refractivity contribution in [2.24, 2.45) is 0 Å². The van der Waals surface area contributed by atoms with E-state index in [0.29, 0.717) is 22.6 Å². The predicted octanol–water partition coefficient (Wildman–Crippen LogP) is 3.11. The first-order valence-corrected chi connectivity index (χ1v) is 7.86. The summed E-state index contributed by atoms with van der Waals surface area (Å²) in [6, 6.07) is 5.05. The van der Waals surface area contributed by atoms with Crippen LogP contribution in [0.3, 0.4) is 0 Å². The molecule has 0 radical (unpaired) electrons. The molecule has 0 aliphatic rings. The number of oxazole rings is 1. The average molecular weight is 317 g/mol. The second-order valence-electron chi connectivity index (χ2n) is 4.62. The monoisotopic (exact) mass is 317 g/mol. The van der Waals surface area contributed by atoms with Crippen LogP contribution in [0.25, 0.3) is 11.7 Å². The van der Waals surface area contributed by atoms with Gasteiger partial charge in [-0.3, -0.25) is 4.79 Å². The summed E-state index contributed by atoms with van der Waals surface area (Å²) in [5, 5.41) is 0.678. The van der Waals surface area contributed by atoms with Gasteiger partial charge >= 0.3 is 0 Å². The Kier molecular flexibility index (Phi) is 4.15. The van der Waals surface area contributed by atoms with Gasteiger partial charge in [-0.05, 0) is 26.0 Å². The SMILES string of the molecule is CCn1ccc(=O)nc1SCc1nc(-c2ccco2)oc1C. The number of hydrogen-bond donors (Lipinski definition) is 0. The van der Waals surface area contributed by atoms with E-state index in [-0.39, 0.29) is 5.56 Å². The fraction of sp³-hybridized carbons (Fsp3) is 0.267. The van der Waals surface area contributed by atoms with Gasteiger partial charge in [0.2, 0.25) is 0 Å². The third-order valence-electron chi connectivity index (χ3n) is 3.15. The van der Waals surface area contributed by atoms with E-state index in [1.165, 1.54) is 17.8 Å². The van der Waals surface area contributed by atoms with Gasteiger partial charge in [-0.15, -0.1) is 0 Å². The summed E-state index contributed by atoms with van der Waals surface area (Å²) >= 11 is 1.46. The molecule has 3 aromatic rings. The molecule has 0 spiro atoms. The van der Waals surface area contributed by atoms with Gasteiger partial charge in [0.15, 0.2) is 10.9 Å². The quantitative estimate of drug-likeness (QED) is 0.532. The van der Waals surface area contributed by atoms with Crippen molar-refractivity contribution in [3.63, 3.8) is 0 Å². The molecule has 3 aromatic heterocycles. The summed E-state index contributed by atoms with van der Waals surface area (Å²) in [7, 11) is 0. The van der Waals surface area contributed by atoms with Crippen LogP contribution >= 0.6 is 11.8 Å². The minimum atomic E-state index is -0.236.